The van der Waals surface area contributed by atoms with Gasteiger partial charge >= 0.3 is 0 Å². The molecule has 0 aliphatic rings. The maximum Gasteiger partial charge on any atom is 0.126 e. The maximum absolute atomic E-state index is 4.50. The summed E-state index contributed by atoms with van der Waals surface area (Å²) in [7, 11) is 0. The zero-order valence-corrected chi connectivity index (χ0v) is 12.8. The van der Waals surface area contributed by atoms with Gasteiger partial charge in [0.05, 0.1) is 0 Å². The summed E-state index contributed by atoms with van der Waals surface area (Å²) in [6.07, 6.45) is 2.87. The first-order chi connectivity index (χ1) is 10.8. The number of aryl methyl sites for hydroxylation is 1. The summed E-state index contributed by atoms with van der Waals surface area (Å²) in [5, 5.41) is 3.36. The van der Waals surface area contributed by atoms with Crippen molar-refractivity contribution in [1.82, 2.24) is 4.98 Å². The van der Waals surface area contributed by atoms with Crippen molar-refractivity contribution in [2.45, 2.75) is 19.9 Å². The van der Waals surface area contributed by atoms with Gasteiger partial charge in [0.2, 0.25) is 0 Å². The van der Waals surface area contributed by atoms with E-state index in [0.717, 1.165) is 18.8 Å². The molecule has 2 nitrogen and oxygen atoms in total. The summed E-state index contributed by atoms with van der Waals surface area (Å²) in [5.41, 5.74) is 5.09. The van der Waals surface area contributed by atoms with Gasteiger partial charge in [-0.25, -0.2) is 4.98 Å². The highest BCUT2D eigenvalue weighted by atomic mass is 15.0. The lowest BCUT2D eigenvalue weighted by molar-refractivity contribution is 1.09. The molecule has 0 spiro atoms. The minimum absolute atomic E-state index is 0.797. The lowest BCUT2D eigenvalue weighted by Crippen LogP contribution is -2.01. The first kappa shape index (κ1) is 14.3. The minimum Gasteiger partial charge on any atom is -0.366 e. The van der Waals surface area contributed by atoms with E-state index in [0.29, 0.717) is 0 Å². The third-order valence-corrected chi connectivity index (χ3v) is 3.67. The Kier molecular flexibility index (Phi) is 4.50. The molecule has 0 saturated heterocycles. The number of benzene rings is 2. The van der Waals surface area contributed by atoms with Crippen LogP contribution in [-0.4, -0.2) is 4.98 Å². The van der Waals surface area contributed by atoms with E-state index in [9.17, 15) is 0 Å². The molecule has 0 bridgehead atoms. The normalized spacial score (nSPS) is 10.4. The molecule has 0 radical (unpaired) electrons. The molecule has 2 aromatic carbocycles. The van der Waals surface area contributed by atoms with Crippen LogP contribution in [-0.2, 0) is 13.0 Å². The number of rotatable bonds is 5. The molecule has 0 aliphatic heterocycles. The molecular formula is C20H20N2. The Balaban J connectivity index is 1.58. The number of anilines is 1. The fourth-order valence-electron chi connectivity index (χ4n) is 2.36. The average Bonchev–Trinajstić information content (AvgIpc) is 2.57. The first-order valence-corrected chi connectivity index (χ1v) is 7.58. The van der Waals surface area contributed by atoms with Crippen LogP contribution < -0.4 is 5.32 Å². The lowest BCUT2D eigenvalue weighted by atomic mass is 10.1. The second-order valence-electron chi connectivity index (χ2n) is 5.55. The van der Waals surface area contributed by atoms with Crippen LogP contribution in [0.1, 0.15) is 22.3 Å². The SMILES string of the molecule is Cc1ccc(CNc2ccc(Cc3ccccc3)cn2)cc1. The van der Waals surface area contributed by atoms with Crippen LogP contribution in [0.3, 0.4) is 0 Å². The van der Waals surface area contributed by atoms with E-state index in [1.807, 2.05) is 18.3 Å². The Hall–Kier alpha value is -2.61. The fraction of sp³-hybridized carbons (Fsp3) is 0.150. The monoisotopic (exact) mass is 288 g/mol. The predicted molar refractivity (Wildman–Crippen MR) is 92.0 cm³/mol. The Morgan fingerprint density at radius 3 is 2.18 bits per heavy atom. The quantitative estimate of drug-likeness (QED) is 0.742. The maximum atomic E-state index is 4.50. The number of nitrogens with one attached hydrogen (secondary N) is 1. The molecule has 3 rings (SSSR count). The standard InChI is InChI=1S/C20H20N2/c1-16-7-9-18(10-8-16)14-21-20-12-11-19(15-22-20)13-17-5-3-2-4-6-17/h2-12,15H,13-14H2,1H3,(H,21,22). The van der Waals surface area contributed by atoms with Crippen molar-refractivity contribution >= 4 is 5.82 Å². The smallest absolute Gasteiger partial charge is 0.126 e. The van der Waals surface area contributed by atoms with Crippen LogP contribution in [0.25, 0.3) is 0 Å². The molecule has 3 aromatic rings. The molecule has 0 atom stereocenters. The summed E-state index contributed by atoms with van der Waals surface area (Å²) in [5.74, 6) is 0.914. The molecule has 1 aromatic heterocycles. The van der Waals surface area contributed by atoms with Crippen molar-refractivity contribution in [2.75, 3.05) is 5.32 Å². The van der Waals surface area contributed by atoms with E-state index in [1.54, 1.807) is 0 Å². The molecule has 0 fully saturated rings. The topological polar surface area (TPSA) is 24.9 Å². The Morgan fingerprint density at radius 1 is 0.773 bits per heavy atom. The summed E-state index contributed by atoms with van der Waals surface area (Å²) in [6, 6.07) is 23.2. The number of pyridine rings is 1. The molecule has 0 aliphatic carbocycles. The summed E-state index contributed by atoms with van der Waals surface area (Å²) < 4.78 is 0. The van der Waals surface area contributed by atoms with Crippen molar-refractivity contribution in [3.05, 3.63) is 95.2 Å². The highest BCUT2D eigenvalue weighted by molar-refractivity contribution is 5.38. The van der Waals surface area contributed by atoms with Crippen molar-refractivity contribution in [3.8, 4) is 0 Å². The molecule has 1 N–H and O–H groups in total. The van der Waals surface area contributed by atoms with Gasteiger partial charge in [-0.3, -0.25) is 0 Å². The Labute approximate surface area is 131 Å². The Bertz CT molecular complexity index is 701. The van der Waals surface area contributed by atoms with E-state index in [2.05, 4.69) is 71.8 Å². The van der Waals surface area contributed by atoms with Gasteiger partial charge in [-0.2, -0.15) is 0 Å². The van der Waals surface area contributed by atoms with Gasteiger partial charge in [0.1, 0.15) is 5.82 Å². The molecule has 110 valence electrons. The van der Waals surface area contributed by atoms with Crippen molar-refractivity contribution in [1.29, 1.82) is 0 Å². The molecule has 0 amide bonds. The second-order valence-corrected chi connectivity index (χ2v) is 5.55. The zero-order chi connectivity index (χ0) is 15.2. The molecule has 1 heterocycles. The van der Waals surface area contributed by atoms with Crippen LogP contribution >= 0.6 is 0 Å². The van der Waals surface area contributed by atoms with Gasteiger partial charge in [0.15, 0.2) is 0 Å². The average molecular weight is 288 g/mol. The van der Waals surface area contributed by atoms with Crippen LogP contribution in [0, 0.1) is 6.92 Å². The van der Waals surface area contributed by atoms with Gasteiger partial charge in [0, 0.05) is 12.7 Å². The van der Waals surface area contributed by atoms with Crippen LogP contribution in [0.15, 0.2) is 72.9 Å². The van der Waals surface area contributed by atoms with Crippen LogP contribution in [0.4, 0.5) is 5.82 Å². The van der Waals surface area contributed by atoms with Crippen LogP contribution in [0.2, 0.25) is 0 Å². The van der Waals surface area contributed by atoms with E-state index >= 15 is 0 Å². The molecular weight excluding hydrogens is 268 g/mol. The van der Waals surface area contributed by atoms with Gasteiger partial charge in [0.25, 0.3) is 0 Å². The van der Waals surface area contributed by atoms with Crippen molar-refractivity contribution in [3.63, 3.8) is 0 Å². The second kappa shape index (κ2) is 6.90. The fourth-order valence-corrected chi connectivity index (χ4v) is 2.36. The number of hydrogen-bond donors (Lipinski definition) is 1. The number of nitrogens with zero attached hydrogens (tertiary/aromatic N) is 1. The third-order valence-electron chi connectivity index (χ3n) is 3.67. The molecule has 0 unspecified atom stereocenters. The van der Waals surface area contributed by atoms with Crippen LogP contribution in [0.5, 0.6) is 0 Å². The van der Waals surface area contributed by atoms with Gasteiger partial charge in [-0.15, -0.1) is 0 Å². The highest BCUT2D eigenvalue weighted by Gasteiger charge is 1.99. The summed E-state index contributed by atoms with van der Waals surface area (Å²) in [6.45, 7) is 2.90. The summed E-state index contributed by atoms with van der Waals surface area (Å²) in [4.78, 5) is 4.50. The van der Waals surface area contributed by atoms with E-state index in [4.69, 9.17) is 0 Å². The largest absolute Gasteiger partial charge is 0.366 e. The molecule has 0 saturated carbocycles. The Morgan fingerprint density at radius 2 is 1.50 bits per heavy atom. The van der Waals surface area contributed by atoms with E-state index in [1.165, 1.54) is 22.3 Å². The van der Waals surface area contributed by atoms with Crippen molar-refractivity contribution < 1.29 is 0 Å². The third kappa shape index (κ3) is 3.95. The van der Waals surface area contributed by atoms with Gasteiger partial charge in [-0.05, 0) is 36.1 Å². The lowest BCUT2D eigenvalue weighted by Gasteiger charge is -2.07. The molecule has 22 heavy (non-hydrogen) atoms. The zero-order valence-electron chi connectivity index (χ0n) is 12.8. The first-order valence-electron chi connectivity index (χ1n) is 7.58. The predicted octanol–water partition coefficient (Wildman–Crippen LogP) is 4.59. The summed E-state index contributed by atoms with van der Waals surface area (Å²) >= 11 is 0. The van der Waals surface area contributed by atoms with Gasteiger partial charge in [-0.1, -0.05) is 66.2 Å². The van der Waals surface area contributed by atoms with Crippen molar-refractivity contribution in [2.24, 2.45) is 0 Å². The van der Waals surface area contributed by atoms with E-state index < -0.39 is 0 Å². The minimum atomic E-state index is 0.797. The number of aromatic nitrogens is 1. The van der Waals surface area contributed by atoms with Gasteiger partial charge < -0.3 is 5.32 Å². The number of hydrogen-bond acceptors (Lipinski definition) is 2. The molecule has 2 heteroatoms. The van der Waals surface area contributed by atoms with E-state index in [-0.39, 0.29) is 0 Å². The highest BCUT2D eigenvalue weighted by Crippen LogP contribution is 2.12.